The van der Waals surface area contributed by atoms with Crippen molar-refractivity contribution in [3.8, 4) is 0 Å². The predicted molar refractivity (Wildman–Crippen MR) is 78.1 cm³/mol. The first-order valence-corrected chi connectivity index (χ1v) is 8.22. The predicted octanol–water partition coefficient (Wildman–Crippen LogP) is 1.79. The van der Waals surface area contributed by atoms with E-state index >= 15 is 0 Å². The Labute approximate surface area is 119 Å². The highest BCUT2D eigenvalue weighted by Gasteiger charge is 2.41. The number of rotatable bonds is 3. The van der Waals surface area contributed by atoms with Gasteiger partial charge < -0.3 is 10.2 Å². The smallest absolute Gasteiger partial charge is 0.248 e. The molecular weight excluding hydrogens is 260 g/mol. The first-order chi connectivity index (χ1) is 8.94. The SMILES string of the molecule is CCSC1CCC(N2CCC(=O)NC(C)(C)C2=O)C1. The van der Waals surface area contributed by atoms with Crippen LogP contribution in [0.25, 0.3) is 0 Å². The summed E-state index contributed by atoms with van der Waals surface area (Å²) in [4.78, 5) is 26.2. The van der Waals surface area contributed by atoms with Gasteiger partial charge in [0.25, 0.3) is 0 Å². The number of amides is 2. The maximum absolute atomic E-state index is 12.6. The summed E-state index contributed by atoms with van der Waals surface area (Å²) in [6, 6.07) is 0.323. The third-order valence-electron chi connectivity index (χ3n) is 4.03. The molecule has 1 saturated heterocycles. The molecule has 2 unspecified atom stereocenters. The van der Waals surface area contributed by atoms with Crippen LogP contribution < -0.4 is 5.32 Å². The van der Waals surface area contributed by atoms with E-state index in [-0.39, 0.29) is 11.8 Å². The Balaban J connectivity index is 2.07. The van der Waals surface area contributed by atoms with E-state index in [2.05, 4.69) is 12.2 Å². The zero-order chi connectivity index (χ0) is 14.0. The Morgan fingerprint density at radius 2 is 2.11 bits per heavy atom. The molecule has 0 aromatic rings. The van der Waals surface area contributed by atoms with E-state index in [1.807, 2.05) is 16.7 Å². The average Bonchev–Trinajstić information content (AvgIpc) is 2.73. The van der Waals surface area contributed by atoms with Crippen LogP contribution in [-0.4, -0.2) is 45.8 Å². The van der Waals surface area contributed by atoms with Crippen molar-refractivity contribution in [3.05, 3.63) is 0 Å². The minimum atomic E-state index is -0.760. The maximum Gasteiger partial charge on any atom is 0.248 e. The fourth-order valence-corrected chi connectivity index (χ4v) is 4.22. The molecule has 5 heteroatoms. The Morgan fingerprint density at radius 3 is 2.79 bits per heavy atom. The zero-order valence-corrected chi connectivity index (χ0v) is 12.9. The highest BCUT2D eigenvalue weighted by molar-refractivity contribution is 7.99. The molecule has 4 nitrogen and oxygen atoms in total. The second kappa shape index (κ2) is 5.73. The summed E-state index contributed by atoms with van der Waals surface area (Å²) in [5, 5.41) is 3.50. The topological polar surface area (TPSA) is 49.4 Å². The molecule has 2 aliphatic rings. The summed E-state index contributed by atoms with van der Waals surface area (Å²) in [6.07, 6.45) is 3.77. The van der Waals surface area contributed by atoms with E-state index in [9.17, 15) is 9.59 Å². The minimum absolute atomic E-state index is 0.0154. The zero-order valence-electron chi connectivity index (χ0n) is 12.1. The van der Waals surface area contributed by atoms with Gasteiger partial charge in [0, 0.05) is 24.3 Å². The molecule has 0 spiro atoms. The lowest BCUT2D eigenvalue weighted by Crippen LogP contribution is -2.54. The molecule has 0 aromatic heterocycles. The van der Waals surface area contributed by atoms with Crippen LogP contribution in [0.15, 0.2) is 0 Å². The lowest BCUT2D eigenvalue weighted by atomic mass is 10.0. The van der Waals surface area contributed by atoms with Crippen molar-refractivity contribution in [3.63, 3.8) is 0 Å². The van der Waals surface area contributed by atoms with E-state index in [0.29, 0.717) is 24.3 Å². The lowest BCUT2D eigenvalue weighted by Gasteiger charge is -2.33. The van der Waals surface area contributed by atoms with E-state index in [1.165, 1.54) is 6.42 Å². The molecule has 1 N–H and O–H groups in total. The molecular formula is C14H24N2O2S. The molecule has 2 atom stereocenters. The van der Waals surface area contributed by atoms with E-state index in [0.717, 1.165) is 18.6 Å². The van der Waals surface area contributed by atoms with E-state index in [1.54, 1.807) is 13.8 Å². The molecule has 1 heterocycles. The third-order valence-corrected chi connectivity index (χ3v) is 5.26. The number of carbonyl (C=O) groups excluding carboxylic acids is 2. The fourth-order valence-electron chi connectivity index (χ4n) is 3.08. The van der Waals surface area contributed by atoms with Crippen LogP contribution in [-0.2, 0) is 9.59 Å². The second-order valence-electron chi connectivity index (χ2n) is 5.97. The largest absolute Gasteiger partial charge is 0.342 e. The van der Waals surface area contributed by atoms with Gasteiger partial charge in [0.2, 0.25) is 11.8 Å². The van der Waals surface area contributed by atoms with Gasteiger partial charge in [-0.2, -0.15) is 11.8 Å². The van der Waals surface area contributed by atoms with Crippen molar-refractivity contribution in [1.82, 2.24) is 10.2 Å². The van der Waals surface area contributed by atoms with Crippen molar-refractivity contribution < 1.29 is 9.59 Å². The summed E-state index contributed by atoms with van der Waals surface area (Å²) in [5.74, 6) is 1.19. The van der Waals surface area contributed by atoms with Gasteiger partial charge in [-0.15, -0.1) is 0 Å². The van der Waals surface area contributed by atoms with E-state index in [4.69, 9.17) is 0 Å². The van der Waals surface area contributed by atoms with Gasteiger partial charge in [-0.25, -0.2) is 0 Å². The normalized spacial score (nSPS) is 31.2. The van der Waals surface area contributed by atoms with Gasteiger partial charge >= 0.3 is 0 Å². The highest BCUT2D eigenvalue weighted by Crippen LogP contribution is 2.34. The summed E-state index contributed by atoms with van der Waals surface area (Å²) in [7, 11) is 0. The van der Waals surface area contributed by atoms with Crippen molar-refractivity contribution >= 4 is 23.6 Å². The molecule has 19 heavy (non-hydrogen) atoms. The first kappa shape index (κ1) is 14.7. The molecule has 0 radical (unpaired) electrons. The third kappa shape index (κ3) is 3.25. The van der Waals surface area contributed by atoms with Crippen molar-refractivity contribution in [1.29, 1.82) is 0 Å². The Bertz CT molecular complexity index is 370. The maximum atomic E-state index is 12.6. The van der Waals surface area contributed by atoms with Crippen molar-refractivity contribution in [2.45, 2.75) is 63.3 Å². The molecule has 0 aromatic carbocycles. The van der Waals surface area contributed by atoms with Crippen LogP contribution in [0.2, 0.25) is 0 Å². The molecule has 1 saturated carbocycles. The summed E-state index contributed by atoms with van der Waals surface area (Å²) in [5.41, 5.74) is -0.760. The number of carbonyl (C=O) groups is 2. The summed E-state index contributed by atoms with van der Waals surface area (Å²) in [6.45, 7) is 6.36. The molecule has 108 valence electrons. The summed E-state index contributed by atoms with van der Waals surface area (Å²) >= 11 is 1.99. The molecule has 1 aliphatic carbocycles. The fraction of sp³-hybridized carbons (Fsp3) is 0.857. The molecule has 2 amide bonds. The molecule has 2 fully saturated rings. The average molecular weight is 284 g/mol. The van der Waals surface area contributed by atoms with Gasteiger partial charge in [0.15, 0.2) is 0 Å². The minimum Gasteiger partial charge on any atom is -0.342 e. The molecule has 1 aliphatic heterocycles. The van der Waals surface area contributed by atoms with Gasteiger partial charge in [0.1, 0.15) is 5.54 Å². The van der Waals surface area contributed by atoms with Crippen LogP contribution in [0, 0.1) is 0 Å². The number of nitrogens with one attached hydrogen (secondary N) is 1. The summed E-state index contributed by atoms with van der Waals surface area (Å²) < 4.78 is 0. The lowest BCUT2D eigenvalue weighted by molar-refractivity contribution is -0.139. The molecule has 2 rings (SSSR count). The van der Waals surface area contributed by atoms with E-state index < -0.39 is 5.54 Å². The number of thioether (sulfide) groups is 1. The van der Waals surface area contributed by atoms with Gasteiger partial charge in [-0.1, -0.05) is 6.92 Å². The number of hydrogen-bond donors (Lipinski definition) is 1. The standard InChI is InChI=1S/C14H24N2O2S/c1-4-19-11-6-5-10(9-11)16-8-7-12(17)15-14(2,3)13(16)18/h10-11H,4-9H2,1-3H3,(H,15,17). The van der Waals surface area contributed by atoms with Gasteiger partial charge in [-0.05, 0) is 38.9 Å². The van der Waals surface area contributed by atoms with Crippen molar-refractivity contribution in [2.24, 2.45) is 0 Å². The second-order valence-corrected chi connectivity index (χ2v) is 7.54. The first-order valence-electron chi connectivity index (χ1n) is 7.17. The van der Waals surface area contributed by atoms with Crippen LogP contribution >= 0.6 is 11.8 Å². The van der Waals surface area contributed by atoms with Crippen LogP contribution in [0.1, 0.15) is 46.5 Å². The van der Waals surface area contributed by atoms with Gasteiger partial charge in [0.05, 0.1) is 0 Å². The highest BCUT2D eigenvalue weighted by atomic mass is 32.2. The van der Waals surface area contributed by atoms with Crippen molar-refractivity contribution in [2.75, 3.05) is 12.3 Å². The van der Waals surface area contributed by atoms with Crippen LogP contribution in [0.5, 0.6) is 0 Å². The number of hydrogen-bond acceptors (Lipinski definition) is 3. The Morgan fingerprint density at radius 1 is 1.37 bits per heavy atom. The monoisotopic (exact) mass is 284 g/mol. The molecule has 0 bridgehead atoms. The van der Waals surface area contributed by atoms with Crippen LogP contribution in [0.3, 0.4) is 0 Å². The Hall–Kier alpha value is -0.710. The Kier molecular flexibility index (Phi) is 4.43. The van der Waals surface area contributed by atoms with Gasteiger partial charge in [-0.3, -0.25) is 9.59 Å². The quantitative estimate of drug-likeness (QED) is 0.859. The number of nitrogens with zero attached hydrogens (tertiary/aromatic N) is 1. The van der Waals surface area contributed by atoms with Crippen LogP contribution in [0.4, 0.5) is 0 Å².